The molecule has 0 aliphatic heterocycles. The van der Waals surface area contributed by atoms with Crippen molar-refractivity contribution >= 4 is 11.9 Å². The van der Waals surface area contributed by atoms with E-state index in [0.717, 1.165) is 57.8 Å². The fourth-order valence-corrected chi connectivity index (χ4v) is 8.42. The van der Waals surface area contributed by atoms with E-state index >= 15 is 0 Å². The molecule has 0 amide bonds. The van der Waals surface area contributed by atoms with Crippen LogP contribution in [-0.2, 0) is 19.1 Å². The molecule has 0 bridgehead atoms. The summed E-state index contributed by atoms with van der Waals surface area (Å²) < 4.78 is 10.7. The number of allylic oxidation sites excluding steroid dienone is 10. The molecule has 1 unspecified atom stereocenters. The van der Waals surface area contributed by atoms with Crippen molar-refractivity contribution < 1.29 is 24.2 Å². The van der Waals surface area contributed by atoms with Crippen molar-refractivity contribution in [3.8, 4) is 0 Å². The van der Waals surface area contributed by atoms with Crippen LogP contribution >= 0.6 is 0 Å². The highest BCUT2D eigenvalue weighted by molar-refractivity contribution is 5.70. The van der Waals surface area contributed by atoms with Gasteiger partial charge in [0.1, 0.15) is 6.61 Å². The molecule has 0 aliphatic rings. The fourth-order valence-electron chi connectivity index (χ4n) is 8.42. The van der Waals surface area contributed by atoms with Gasteiger partial charge in [-0.1, -0.05) is 261 Å². The average molecular weight is 924 g/mol. The number of rotatable bonds is 53. The van der Waals surface area contributed by atoms with Crippen LogP contribution in [0.3, 0.4) is 0 Å². The van der Waals surface area contributed by atoms with Crippen molar-refractivity contribution in [2.45, 2.75) is 302 Å². The Morgan fingerprint density at radius 1 is 0.348 bits per heavy atom. The standard InChI is InChI=1S/C61H110O5/c1-3-5-7-9-11-13-15-17-19-21-23-25-27-28-29-30-31-32-34-35-37-39-41-43-45-47-49-51-53-55-60(63)65-58-59(57-62)66-61(64)56-54-52-50-48-46-44-42-40-38-36-33-26-24-22-20-18-16-14-12-10-8-6-4-2/h15-18,21-24,33,36,59,62H,3-14,19-20,25-32,34-35,37-58H2,1-2H3/b17-15-,18-16-,23-21-,24-22-,36-33-. The van der Waals surface area contributed by atoms with Crippen LogP contribution in [-0.4, -0.2) is 36.4 Å². The summed E-state index contributed by atoms with van der Waals surface area (Å²) in [5.41, 5.74) is 0. The van der Waals surface area contributed by atoms with Gasteiger partial charge in [-0.15, -0.1) is 0 Å². The lowest BCUT2D eigenvalue weighted by Gasteiger charge is -2.15. The van der Waals surface area contributed by atoms with Crippen LogP contribution in [0, 0.1) is 0 Å². The van der Waals surface area contributed by atoms with Gasteiger partial charge in [0.05, 0.1) is 6.61 Å². The Morgan fingerprint density at radius 2 is 0.606 bits per heavy atom. The van der Waals surface area contributed by atoms with Gasteiger partial charge < -0.3 is 14.6 Å². The molecule has 1 N–H and O–H groups in total. The van der Waals surface area contributed by atoms with Gasteiger partial charge in [0.2, 0.25) is 0 Å². The second-order valence-electron chi connectivity index (χ2n) is 19.4. The zero-order valence-electron chi connectivity index (χ0n) is 44.0. The lowest BCUT2D eigenvalue weighted by Crippen LogP contribution is -2.28. The molecule has 66 heavy (non-hydrogen) atoms. The molecular formula is C61H110O5. The van der Waals surface area contributed by atoms with Crippen molar-refractivity contribution in [2.24, 2.45) is 0 Å². The van der Waals surface area contributed by atoms with Crippen molar-refractivity contribution in [2.75, 3.05) is 13.2 Å². The van der Waals surface area contributed by atoms with Crippen molar-refractivity contribution in [3.63, 3.8) is 0 Å². The molecule has 0 aromatic carbocycles. The zero-order valence-corrected chi connectivity index (χ0v) is 44.0. The Hall–Kier alpha value is -2.40. The minimum atomic E-state index is -0.778. The first-order valence-electron chi connectivity index (χ1n) is 28.8. The van der Waals surface area contributed by atoms with Crippen LogP contribution in [0.15, 0.2) is 60.8 Å². The molecule has 0 aromatic heterocycles. The minimum absolute atomic E-state index is 0.0680. The van der Waals surface area contributed by atoms with E-state index in [0.29, 0.717) is 12.8 Å². The van der Waals surface area contributed by atoms with Crippen LogP contribution in [0.2, 0.25) is 0 Å². The minimum Gasteiger partial charge on any atom is -0.462 e. The third-order valence-corrected chi connectivity index (χ3v) is 12.8. The molecule has 0 saturated carbocycles. The number of unbranched alkanes of at least 4 members (excludes halogenated alkanes) is 35. The summed E-state index contributed by atoms with van der Waals surface area (Å²) in [7, 11) is 0. The maximum absolute atomic E-state index is 12.3. The van der Waals surface area contributed by atoms with Crippen molar-refractivity contribution in [1.29, 1.82) is 0 Å². The molecule has 0 fully saturated rings. The summed E-state index contributed by atoms with van der Waals surface area (Å²) >= 11 is 0. The molecule has 0 heterocycles. The first-order chi connectivity index (χ1) is 32.6. The van der Waals surface area contributed by atoms with E-state index in [1.807, 2.05) is 0 Å². The molecule has 0 saturated heterocycles. The molecule has 384 valence electrons. The van der Waals surface area contributed by atoms with E-state index in [4.69, 9.17) is 9.47 Å². The Labute approximate surface area is 411 Å². The summed E-state index contributed by atoms with van der Waals surface area (Å²) in [4.78, 5) is 24.5. The lowest BCUT2D eigenvalue weighted by molar-refractivity contribution is -0.161. The second kappa shape index (κ2) is 56.9. The van der Waals surface area contributed by atoms with Crippen LogP contribution < -0.4 is 0 Å². The van der Waals surface area contributed by atoms with E-state index in [1.165, 1.54) is 212 Å². The van der Waals surface area contributed by atoms with E-state index < -0.39 is 6.10 Å². The van der Waals surface area contributed by atoms with Crippen LogP contribution in [0.4, 0.5) is 0 Å². The highest BCUT2D eigenvalue weighted by Crippen LogP contribution is 2.16. The summed E-state index contributed by atoms with van der Waals surface area (Å²) in [6.45, 7) is 4.14. The number of aliphatic hydroxyl groups is 1. The lowest BCUT2D eigenvalue weighted by atomic mass is 10.0. The summed E-state index contributed by atoms with van der Waals surface area (Å²) in [6.07, 6.45) is 76.2. The topological polar surface area (TPSA) is 72.8 Å². The predicted molar refractivity (Wildman–Crippen MR) is 288 cm³/mol. The average Bonchev–Trinajstić information content (AvgIpc) is 3.32. The van der Waals surface area contributed by atoms with Gasteiger partial charge in [-0.25, -0.2) is 0 Å². The van der Waals surface area contributed by atoms with Crippen LogP contribution in [0.1, 0.15) is 296 Å². The number of esters is 2. The number of ether oxygens (including phenoxy) is 2. The van der Waals surface area contributed by atoms with Gasteiger partial charge >= 0.3 is 11.9 Å². The number of hydrogen-bond acceptors (Lipinski definition) is 5. The van der Waals surface area contributed by atoms with E-state index in [1.54, 1.807) is 0 Å². The number of hydrogen-bond donors (Lipinski definition) is 1. The number of carbonyl (C=O) groups is 2. The molecule has 0 aliphatic carbocycles. The number of carbonyl (C=O) groups excluding carboxylic acids is 2. The molecular weight excluding hydrogens is 813 g/mol. The second-order valence-corrected chi connectivity index (χ2v) is 19.4. The molecule has 0 rings (SSSR count). The van der Waals surface area contributed by atoms with Gasteiger partial charge in [-0.3, -0.25) is 9.59 Å². The largest absolute Gasteiger partial charge is 0.462 e. The van der Waals surface area contributed by atoms with Gasteiger partial charge in [0.25, 0.3) is 0 Å². The maximum Gasteiger partial charge on any atom is 0.306 e. The van der Waals surface area contributed by atoms with Gasteiger partial charge in [0, 0.05) is 12.8 Å². The van der Waals surface area contributed by atoms with Gasteiger partial charge in [-0.2, -0.15) is 0 Å². The highest BCUT2D eigenvalue weighted by atomic mass is 16.6. The Kier molecular flexibility index (Phi) is 54.9. The molecule has 0 aromatic rings. The van der Waals surface area contributed by atoms with Crippen molar-refractivity contribution in [3.05, 3.63) is 60.8 Å². The Balaban J connectivity index is 3.47. The smallest absolute Gasteiger partial charge is 0.306 e. The predicted octanol–water partition coefficient (Wildman–Crippen LogP) is 19.4. The Bertz CT molecular complexity index is 1130. The van der Waals surface area contributed by atoms with Gasteiger partial charge in [-0.05, 0) is 83.5 Å². The molecule has 0 radical (unpaired) electrons. The maximum atomic E-state index is 12.3. The fraction of sp³-hybridized carbons (Fsp3) is 0.803. The van der Waals surface area contributed by atoms with E-state index in [2.05, 4.69) is 74.6 Å². The normalized spacial score (nSPS) is 12.6. The monoisotopic (exact) mass is 923 g/mol. The van der Waals surface area contributed by atoms with Crippen LogP contribution in [0.5, 0.6) is 0 Å². The summed E-state index contributed by atoms with van der Waals surface area (Å²) in [6, 6.07) is 0. The third kappa shape index (κ3) is 54.2. The first-order valence-corrected chi connectivity index (χ1v) is 28.8. The van der Waals surface area contributed by atoms with Crippen LogP contribution in [0.25, 0.3) is 0 Å². The molecule has 0 spiro atoms. The summed E-state index contributed by atoms with van der Waals surface area (Å²) in [5, 5.41) is 9.65. The van der Waals surface area contributed by atoms with Crippen molar-refractivity contribution in [1.82, 2.24) is 0 Å². The first kappa shape index (κ1) is 63.6. The molecule has 5 heteroatoms. The molecule has 1 atom stereocenters. The number of aliphatic hydroxyl groups excluding tert-OH is 1. The van der Waals surface area contributed by atoms with Gasteiger partial charge in [0.15, 0.2) is 6.10 Å². The molecule has 5 nitrogen and oxygen atoms in total. The Morgan fingerprint density at radius 3 is 0.909 bits per heavy atom. The van der Waals surface area contributed by atoms with E-state index in [9.17, 15) is 14.7 Å². The summed E-state index contributed by atoms with van der Waals surface area (Å²) in [5.74, 6) is -0.589. The SMILES string of the molecule is CCCCCCC/C=C\C/C=C\C/C=C\CCCCCCCCCCC(=O)OC(CO)COC(=O)CCCCCCCCCCCCCCCCCCC/C=C\C/C=C\CCCCCCC. The quantitative estimate of drug-likeness (QED) is 0.0374. The van der Waals surface area contributed by atoms with E-state index in [-0.39, 0.29) is 25.2 Å². The third-order valence-electron chi connectivity index (χ3n) is 12.8. The zero-order chi connectivity index (χ0) is 47.7. The highest BCUT2D eigenvalue weighted by Gasteiger charge is 2.16.